The zero-order valence-electron chi connectivity index (χ0n) is 14.3. The summed E-state index contributed by atoms with van der Waals surface area (Å²) in [6.45, 7) is 2.48. The van der Waals surface area contributed by atoms with Gasteiger partial charge in [0.05, 0.1) is 6.61 Å². The lowest BCUT2D eigenvalue weighted by Crippen LogP contribution is -2.11. The normalized spacial score (nSPS) is 10.9. The molecule has 1 heterocycles. The molecular weight excluding hydrogens is 332 g/mol. The van der Waals surface area contributed by atoms with E-state index in [4.69, 9.17) is 4.74 Å². The maximum atomic E-state index is 11.5. The Bertz CT molecular complexity index is 892. The van der Waals surface area contributed by atoms with Gasteiger partial charge in [0.15, 0.2) is 5.16 Å². The molecule has 0 aliphatic heterocycles. The molecule has 2 aromatic carbocycles. The Hall–Kier alpha value is -2.27. The molecule has 0 atom stereocenters. The monoisotopic (exact) mass is 354 g/mol. The highest BCUT2D eigenvalue weighted by atomic mass is 32.2. The van der Waals surface area contributed by atoms with E-state index >= 15 is 0 Å². The molecule has 130 valence electrons. The van der Waals surface area contributed by atoms with Crippen molar-refractivity contribution in [2.24, 2.45) is 0 Å². The van der Waals surface area contributed by atoms with E-state index in [1.54, 1.807) is 24.9 Å². The van der Waals surface area contributed by atoms with Crippen molar-refractivity contribution in [1.29, 1.82) is 0 Å². The van der Waals surface area contributed by atoms with Gasteiger partial charge in [0.25, 0.3) is 5.56 Å². The quantitative estimate of drug-likeness (QED) is 0.366. The van der Waals surface area contributed by atoms with Gasteiger partial charge < -0.3 is 9.72 Å². The second-order valence-electron chi connectivity index (χ2n) is 5.97. The molecular formula is C20H22N2O2S. The molecule has 25 heavy (non-hydrogen) atoms. The average Bonchev–Trinajstić information content (AvgIpc) is 2.63. The summed E-state index contributed by atoms with van der Waals surface area (Å²) in [5.41, 5.74) is 0.594. The summed E-state index contributed by atoms with van der Waals surface area (Å²) in [5, 5.41) is 3.13. The number of aryl methyl sites for hydroxylation is 1. The van der Waals surface area contributed by atoms with E-state index in [0.29, 0.717) is 10.7 Å². The Morgan fingerprint density at radius 1 is 1.08 bits per heavy atom. The SMILES string of the molecule is Cc1cnc(SCCCCCOc2ccc3ccccc3c2)[nH]c1=O. The summed E-state index contributed by atoms with van der Waals surface area (Å²) in [7, 11) is 0. The Labute approximate surface area is 151 Å². The van der Waals surface area contributed by atoms with Crippen molar-refractivity contribution in [1.82, 2.24) is 9.97 Å². The maximum absolute atomic E-state index is 11.5. The van der Waals surface area contributed by atoms with Crippen molar-refractivity contribution < 1.29 is 4.74 Å². The van der Waals surface area contributed by atoms with Crippen LogP contribution in [0.3, 0.4) is 0 Å². The number of ether oxygens (including phenoxy) is 1. The van der Waals surface area contributed by atoms with Crippen molar-refractivity contribution in [2.75, 3.05) is 12.4 Å². The average molecular weight is 354 g/mol. The highest BCUT2D eigenvalue weighted by Gasteiger charge is 2.00. The van der Waals surface area contributed by atoms with Crippen molar-refractivity contribution in [3.63, 3.8) is 0 Å². The number of thioether (sulfide) groups is 1. The molecule has 3 rings (SSSR count). The first-order valence-corrected chi connectivity index (χ1v) is 9.51. The molecule has 4 nitrogen and oxygen atoms in total. The molecule has 0 aliphatic carbocycles. The molecule has 1 N–H and O–H groups in total. The lowest BCUT2D eigenvalue weighted by molar-refractivity contribution is 0.307. The summed E-state index contributed by atoms with van der Waals surface area (Å²) < 4.78 is 5.84. The summed E-state index contributed by atoms with van der Waals surface area (Å²) in [4.78, 5) is 18.5. The minimum absolute atomic E-state index is 0.0544. The Morgan fingerprint density at radius 3 is 2.76 bits per heavy atom. The Kier molecular flexibility index (Phi) is 6.12. The molecule has 0 radical (unpaired) electrons. The van der Waals surface area contributed by atoms with Gasteiger partial charge in [0.2, 0.25) is 0 Å². The lowest BCUT2D eigenvalue weighted by atomic mass is 10.1. The molecule has 0 unspecified atom stereocenters. The van der Waals surface area contributed by atoms with Crippen LogP contribution in [-0.4, -0.2) is 22.3 Å². The molecule has 0 bridgehead atoms. The van der Waals surface area contributed by atoms with E-state index in [1.807, 2.05) is 18.2 Å². The minimum Gasteiger partial charge on any atom is -0.494 e. The van der Waals surface area contributed by atoms with Gasteiger partial charge in [-0.2, -0.15) is 0 Å². The fourth-order valence-electron chi connectivity index (χ4n) is 2.51. The summed E-state index contributed by atoms with van der Waals surface area (Å²) >= 11 is 1.59. The summed E-state index contributed by atoms with van der Waals surface area (Å²) in [6, 6.07) is 14.5. The smallest absolute Gasteiger partial charge is 0.254 e. The standard InChI is InChI=1S/C20H22N2O2S/c1-15-14-21-20(22-19(15)23)25-12-6-2-5-11-24-18-10-9-16-7-3-4-8-17(16)13-18/h3-4,7-10,13-14H,2,5-6,11-12H2,1H3,(H,21,22,23). The zero-order valence-corrected chi connectivity index (χ0v) is 15.1. The van der Waals surface area contributed by atoms with Gasteiger partial charge in [-0.25, -0.2) is 4.98 Å². The first-order valence-electron chi connectivity index (χ1n) is 8.53. The number of nitrogens with zero attached hydrogens (tertiary/aromatic N) is 1. The highest BCUT2D eigenvalue weighted by Crippen LogP contribution is 2.21. The fraction of sp³-hybridized carbons (Fsp3) is 0.300. The van der Waals surface area contributed by atoms with Gasteiger partial charge in [-0.05, 0) is 49.1 Å². The number of fused-ring (bicyclic) bond motifs is 1. The fourth-order valence-corrected chi connectivity index (χ4v) is 3.35. The Morgan fingerprint density at radius 2 is 1.92 bits per heavy atom. The molecule has 0 saturated carbocycles. The first kappa shape index (κ1) is 17.5. The number of H-pyrrole nitrogens is 1. The van der Waals surface area contributed by atoms with Crippen molar-refractivity contribution >= 4 is 22.5 Å². The van der Waals surface area contributed by atoms with Crippen LogP contribution in [0.1, 0.15) is 24.8 Å². The van der Waals surface area contributed by atoms with E-state index in [2.05, 4.69) is 34.2 Å². The largest absolute Gasteiger partial charge is 0.494 e. The number of aromatic nitrogens is 2. The predicted molar refractivity (Wildman–Crippen MR) is 104 cm³/mol. The van der Waals surface area contributed by atoms with E-state index in [0.717, 1.165) is 37.4 Å². The number of hydrogen-bond donors (Lipinski definition) is 1. The van der Waals surface area contributed by atoms with E-state index in [1.165, 1.54) is 10.8 Å². The third-order valence-electron chi connectivity index (χ3n) is 3.97. The third-order valence-corrected chi connectivity index (χ3v) is 4.94. The number of aromatic amines is 1. The predicted octanol–water partition coefficient (Wildman–Crippen LogP) is 4.57. The van der Waals surface area contributed by atoms with Gasteiger partial charge in [-0.3, -0.25) is 4.79 Å². The molecule has 5 heteroatoms. The van der Waals surface area contributed by atoms with Gasteiger partial charge in [0.1, 0.15) is 5.75 Å². The second kappa shape index (κ2) is 8.72. The van der Waals surface area contributed by atoms with Gasteiger partial charge in [-0.15, -0.1) is 0 Å². The van der Waals surface area contributed by atoms with E-state index < -0.39 is 0 Å². The van der Waals surface area contributed by atoms with Crippen LogP contribution < -0.4 is 10.3 Å². The first-order chi connectivity index (χ1) is 12.2. The number of unbranched alkanes of at least 4 members (excludes halogenated alkanes) is 2. The Balaban J connectivity index is 1.34. The van der Waals surface area contributed by atoms with Crippen LogP contribution in [0.5, 0.6) is 5.75 Å². The second-order valence-corrected chi connectivity index (χ2v) is 7.05. The van der Waals surface area contributed by atoms with Crippen LogP contribution >= 0.6 is 11.8 Å². The molecule has 0 spiro atoms. The highest BCUT2D eigenvalue weighted by molar-refractivity contribution is 7.99. The topological polar surface area (TPSA) is 55.0 Å². The van der Waals surface area contributed by atoms with Crippen LogP contribution in [0.4, 0.5) is 0 Å². The van der Waals surface area contributed by atoms with Crippen molar-refractivity contribution in [3.05, 3.63) is 64.6 Å². The van der Waals surface area contributed by atoms with Crippen molar-refractivity contribution in [2.45, 2.75) is 31.3 Å². The minimum atomic E-state index is -0.0544. The molecule has 0 amide bonds. The molecule has 1 aromatic heterocycles. The maximum Gasteiger partial charge on any atom is 0.254 e. The van der Waals surface area contributed by atoms with Gasteiger partial charge in [-0.1, -0.05) is 42.1 Å². The zero-order chi connectivity index (χ0) is 17.5. The summed E-state index contributed by atoms with van der Waals surface area (Å²) in [6.07, 6.45) is 4.81. The van der Waals surface area contributed by atoms with Crippen LogP contribution in [0.15, 0.2) is 58.6 Å². The van der Waals surface area contributed by atoms with Crippen LogP contribution in [0.2, 0.25) is 0 Å². The van der Waals surface area contributed by atoms with Crippen LogP contribution in [0.25, 0.3) is 10.8 Å². The van der Waals surface area contributed by atoms with Crippen LogP contribution in [0, 0.1) is 6.92 Å². The molecule has 0 saturated heterocycles. The lowest BCUT2D eigenvalue weighted by Gasteiger charge is -2.07. The van der Waals surface area contributed by atoms with Gasteiger partial charge in [0, 0.05) is 17.5 Å². The van der Waals surface area contributed by atoms with E-state index in [-0.39, 0.29) is 5.56 Å². The number of rotatable bonds is 8. The van der Waals surface area contributed by atoms with Crippen LogP contribution in [-0.2, 0) is 0 Å². The molecule has 0 fully saturated rings. The van der Waals surface area contributed by atoms with E-state index in [9.17, 15) is 4.79 Å². The number of benzene rings is 2. The summed E-state index contributed by atoms with van der Waals surface area (Å²) in [5.74, 6) is 1.87. The molecule has 0 aliphatic rings. The molecule has 3 aromatic rings. The number of nitrogens with one attached hydrogen (secondary N) is 1. The van der Waals surface area contributed by atoms with Gasteiger partial charge >= 0.3 is 0 Å². The van der Waals surface area contributed by atoms with Crippen molar-refractivity contribution in [3.8, 4) is 5.75 Å². The third kappa shape index (κ3) is 5.10. The number of hydrogen-bond acceptors (Lipinski definition) is 4.